The number of benzene rings is 2. The molecule has 0 fully saturated rings. The van der Waals surface area contributed by atoms with Crippen LogP contribution in [0.4, 0.5) is 0 Å². The molecular weight excluding hydrogens is 272 g/mol. The van der Waals surface area contributed by atoms with Gasteiger partial charge in [0.25, 0.3) is 0 Å². The molecule has 2 aromatic rings. The van der Waals surface area contributed by atoms with E-state index < -0.39 is 5.97 Å². The van der Waals surface area contributed by atoms with E-state index in [2.05, 4.69) is 0 Å². The fraction of sp³-hybridized carbons (Fsp3) is 0.0625. The molecule has 0 spiro atoms. The second-order valence-corrected chi connectivity index (χ2v) is 4.31. The van der Waals surface area contributed by atoms with Crippen molar-refractivity contribution in [1.29, 1.82) is 0 Å². The zero-order valence-electron chi connectivity index (χ0n) is 11.3. The Morgan fingerprint density at radius 2 is 1.86 bits per heavy atom. The van der Waals surface area contributed by atoms with Crippen LogP contribution in [-0.2, 0) is 0 Å². The number of hydrogen-bond acceptors (Lipinski definition) is 4. The third-order valence-corrected chi connectivity index (χ3v) is 2.95. The highest BCUT2D eigenvalue weighted by atomic mass is 16.5. The van der Waals surface area contributed by atoms with E-state index in [9.17, 15) is 15.0 Å². The van der Waals surface area contributed by atoms with Crippen LogP contribution in [0.3, 0.4) is 0 Å². The Kier molecular flexibility index (Phi) is 4.13. The van der Waals surface area contributed by atoms with Crippen LogP contribution in [0, 0.1) is 0 Å². The van der Waals surface area contributed by atoms with Crippen molar-refractivity contribution in [1.82, 2.24) is 0 Å². The van der Waals surface area contributed by atoms with E-state index in [4.69, 9.17) is 9.84 Å². The predicted octanol–water partition coefficient (Wildman–Crippen LogP) is 2.98. The molecule has 0 amide bonds. The van der Waals surface area contributed by atoms with Crippen LogP contribution in [0.5, 0.6) is 17.2 Å². The van der Waals surface area contributed by atoms with Gasteiger partial charge in [-0.3, -0.25) is 0 Å². The minimum absolute atomic E-state index is 0.00554. The van der Waals surface area contributed by atoms with Gasteiger partial charge in [-0.25, -0.2) is 4.79 Å². The summed E-state index contributed by atoms with van der Waals surface area (Å²) in [6.07, 6.45) is 3.20. The zero-order chi connectivity index (χ0) is 15.4. The third-order valence-electron chi connectivity index (χ3n) is 2.95. The average Bonchev–Trinajstić information content (AvgIpc) is 2.44. The molecule has 5 nitrogen and oxygen atoms in total. The van der Waals surface area contributed by atoms with Crippen molar-refractivity contribution in [3.05, 3.63) is 53.1 Å². The van der Waals surface area contributed by atoms with Gasteiger partial charge in [0.05, 0.1) is 7.11 Å². The van der Waals surface area contributed by atoms with Gasteiger partial charge in [0, 0.05) is 0 Å². The molecule has 5 heteroatoms. The van der Waals surface area contributed by atoms with Crippen molar-refractivity contribution in [2.24, 2.45) is 0 Å². The summed E-state index contributed by atoms with van der Waals surface area (Å²) in [5, 5.41) is 28.4. The van der Waals surface area contributed by atoms with Gasteiger partial charge in [0.2, 0.25) is 0 Å². The summed E-state index contributed by atoms with van der Waals surface area (Å²) in [5.74, 6) is -1.14. The molecule has 0 radical (unpaired) electrons. The van der Waals surface area contributed by atoms with E-state index in [-0.39, 0.29) is 17.1 Å². The lowest BCUT2D eigenvalue weighted by Gasteiger charge is -2.05. The molecule has 0 aliphatic heterocycles. The quantitative estimate of drug-likeness (QED) is 0.752. The van der Waals surface area contributed by atoms with Crippen molar-refractivity contribution >= 4 is 18.1 Å². The van der Waals surface area contributed by atoms with Gasteiger partial charge in [-0.1, -0.05) is 30.4 Å². The Morgan fingerprint density at radius 3 is 2.48 bits per heavy atom. The normalized spacial score (nSPS) is 10.7. The number of ether oxygens (including phenoxy) is 1. The summed E-state index contributed by atoms with van der Waals surface area (Å²) in [6.45, 7) is 0. The summed E-state index contributed by atoms with van der Waals surface area (Å²) in [7, 11) is 1.45. The highest BCUT2D eigenvalue weighted by Crippen LogP contribution is 2.28. The smallest absolute Gasteiger partial charge is 0.340 e. The fourth-order valence-corrected chi connectivity index (χ4v) is 1.93. The first-order chi connectivity index (χ1) is 10.0. The topological polar surface area (TPSA) is 87.0 Å². The highest BCUT2D eigenvalue weighted by Gasteiger charge is 2.12. The van der Waals surface area contributed by atoms with Gasteiger partial charge in [-0.15, -0.1) is 0 Å². The maximum Gasteiger partial charge on any atom is 0.340 e. The second-order valence-electron chi connectivity index (χ2n) is 4.31. The van der Waals surface area contributed by atoms with Crippen molar-refractivity contribution in [2.45, 2.75) is 0 Å². The van der Waals surface area contributed by atoms with Gasteiger partial charge >= 0.3 is 5.97 Å². The molecule has 0 heterocycles. The maximum absolute atomic E-state index is 11.1. The van der Waals surface area contributed by atoms with Crippen LogP contribution in [0.25, 0.3) is 12.2 Å². The van der Waals surface area contributed by atoms with E-state index in [0.29, 0.717) is 16.9 Å². The molecule has 0 saturated carbocycles. The summed E-state index contributed by atoms with van der Waals surface area (Å²) in [4.78, 5) is 11.1. The maximum atomic E-state index is 11.1. The fourth-order valence-electron chi connectivity index (χ4n) is 1.93. The summed E-state index contributed by atoms with van der Waals surface area (Å²) in [5.41, 5.74) is 0.886. The number of aromatic carboxylic acids is 1. The molecule has 0 unspecified atom stereocenters. The average molecular weight is 286 g/mol. The zero-order valence-corrected chi connectivity index (χ0v) is 11.3. The molecule has 21 heavy (non-hydrogen) atoms. The first kappa shape index (κ1) is 14.5. The molecule has 3 N–H and O–H groups in total. The third kappa shape index (κ3) is 3.14. The van der Waals surface area contributed by atoms with Crippen molar-refractivity contribution in [3.63, 3.8) is 0 Å². The van der Waals surface area contributed by atoms with Gasteiger partial charge in [-0.05, 0) is 29.3 Å². The van der Waals surface area contributed by atoms with E-state index in [1.807, 2.05) is 0 Å². The number of hydrogen-bond donors (Lipinski definition) is 3. The molecule has 2 aromatic carbocycles. The Morgan fingerprint density at radius 1 is 1.10 bits per heavy atom. The number of phenolic OH excluding ortho intramolecular Hbond substituents is 1. The molecule has 0 aliphatic carbocycles. The minimum Gasteiger partial charge on any atom is -0.507 e. The summed E-state index contributed by atoms with van der Waals surface area (Å²) in [6, 6.07) is 9.29. The first-order valence-electron chi connectivity index (χ1n) is 6.13. The van der Waals surface area contributed by atoms with E-state index in [1.54, 1.807) is 36.4 Å². The first-order valence-corrected chi connectivity index (χ1v) is 6.13. The van der Waals surface area contributed by atoms with Crippen LogP contribution in [0.2, 0.25) is 0 Å². The minimum atomic E-state index is -1.20. The molecule has 108 valence electrons. The Labute approximate surface area is 121 Å². The lowest BCUT2D eigenvalue weighted by molar-refractivity contribution is 0.0693. The van der Waals surface area contributed by atoms with Crippen LogP contribution >= 0.6 is 0 Å². The summed E-state index contributed by atoms with van der Waals surface area (Å²) < 4.78 is 4.94. The molecule has 0 saturated heterocycles. The number of phenols is 2. The lowest BCUT2D eigenvalue weighted by Crippen LogP contribution is -1.99. The van der Waals surface area contributed by atoms with Crippen molar-refractivity contribution in [2.75, 3.05) is 7.11 Å². The van der Waals surface area contributed by atoms with Gasteiger partial charge in [0.15, 0.2) is 11.5 Å². The molecule has 0 bridgehead atoms. The Balaban J connectivity index is 2.36. The molecule has 0 aromatic heterocycles. The number of carbonyl (C=O) groups is 1. The van der Waals surface area contributed by atoms with Gasteiger partial charge in [0.1, 0.15) is 11.3 Å². The van der Waals surface area contributed by atoms with Crippen LogP contribution in [0.1, 0.15) is 21.5 Å². The second kappa shape index (κ2) is 6.00. The Bertz CT molecular complexity index is 704. The molecule has 0 atom stereocenters. The molecular formula is C16H14O5. The predicted molar refractivity (Wildman–Crippen MR) is 78.7 cm³/mol. The van der Waals surface area contributed by atoms with Crippen LogP contribution in [-0.4, -0.2) is 28.4 Å². The molecule has 0 aliphatic rings. The molecule has 2 rings (SSSR count). The number of rotatable bonds is 4. The Hall–Kier alpha value is -2.95. The number of carboxylic acids is 1. The van der Waals surface area contributed by atoms with Crippen molar-refractivity contribution < 1.29 is 24.9 Å². The van der Waals surface area contributed by atoms with Crippen LogP contribution in [0.15, 0.2) is 36.4 Å². The monoisotopic (exact) mass is 286 g/mol. The largest absolute Gasteiger partial charge is 0.507 e. The van der Waals surface area contributed by atoms with Gasteiger partial charge in [-0.2, -0.15) is 0 Å². The van der Waals surface area contributed by atoms with Gasteiger partial charge < -0.3 is 20.1 Å². The highest BCUT2D eigenvalue weighted by molar-refractivity contribution is 5.96. The number of aromatic hydroxyl groups is 2. The number of methoxy groups -OCH3 is 1. The summed E-state index contributed by atoms with van der Waals surface area (Å²) >= 11 is 0. The van der Waals surface area contributed by atoms with Crippen molar-refractivity contribution in [3.8, 4) is 17.2 Å². The van der Waals surface area contributed by atoms with E-state index in [0.717, 1.165) is 0 Å². The van der Waals surface area contributed by atoms with Crippen LogP contribution < -0.4 is 4.74 Å². The SMILES string of the molecule is COc1ccc(/C=C/c2cccc(O)c2C(=O)O)cc1O. The van der Waals surface area contributed by atoms with E-state index >= 15 is 0 Å². The lowest BCUT2D eigenvalue weighted by atomic mass is 10.0. The number of carboxylic acid groups (broad SMARTS) is 1. The standard InChI is InChI=1S/C16H14O5/c1-21-14-8-6-10(9-13(14)18)5-7-11-3-2-4-12(17)15(11)16(19)20/h2-9,17-18H,1H3,(H,19,20)/b7-5+. The van der Waals surface area contributed by atoms with E-state index in [1.165, 1.54) is 19.2 Å².